The zero-order chi connectivity index (χ0) is 25.4. The molecule has 1 aromatic heterocycles. The topological polar surface area (TPSA) is 118 Å². The minimum atomic E-state index is -0.482. The number of halogens is 1. The van der Waals surface area contributed by atoms with Crippen LogP contribution in [0.1, 0.15) is 20.3 Å². The van der Waals surface area contributed by atoms with Gasteiger partial charge in [-0.25, -0.2) is 14.4 Å². The normalized spacial score (nSPS) is 15.1. The first-order valence-electron chi connectivity index (χ1n) is 11.5. The number of aliphatic hydroxyl groups excluding tert-OH is 1. The molecule has 190 valence electrons. The van der Waals surface area contributed by atoms with E-state index in [1.54, 1.807) is 34.1 Å². The Morgan fingerprint density at radius 1 is 1.14 bits per heavy atom. The van der Waals surface area contributed by atoms with Gasteiger partial charge >= 0.3 is 0 Å². The Labute approximate surface area is 204 Å². The van der Waals surface area contributed by atoms with E-state index >= 15 is 0 Å². The first-order chi connectivity index (χ1) is 16.8. The molecule has 9 nitrogen and oxygen atoms in total. The highest BCUT2D eigenvalue weighted by molar-refractivity contribution is 5.93. The molecule has 0 saturated carbocycles. The molecule has 1 aliphatic rings. The van der Waals surface area contributed by atoms with Crippen molar-refractivity contribution in [1.29, 1.82) is 0 Å². The van der Waals surface area contributed by atoms with E-state index in [9.17, 15) is 9.50 Å². The smallest absolute Gasteiger partial charge is 0.165 e. The Bertz CT molecular complexity index is 1120. The van der Waals surface area contributed by atoms with E-state index in [0.29, 0.717) is 36.0 Å². The van der Waals surface area contributed by atoms with Crippen molar-refractivity contribution in [1.82, 2.24) is 15.3 Å². The van der Waals surface area contributed by atoms with E-state index in [2.05, 4.69) is 20.6 Å². The van der Waals surface area contributed by atoms with Gasteiger partial charge in [0.15, 0.2) is 17.3 Å². The Hall–Kier alpha value is -3.21. The lowest BCUT2D eigenvalue weighted by atomic mass is 10.1. The summed E-state index contributed by atoms with van der Waals surface area (Å²) in [5, 5.41) is 25.8. The van der Waals surface area contributed by atoms with Gasteiger partial charge in [0, 0.05) is 37.3 Å². The Kier molecular flexibility index (Phi) is 9.41. The Morgan fingerprint density at radius 2 is 1.91 bits per heavy atom. The summed E-state index contributed by atoms with van der Waals surface area (Å²) < 4.78 is 30.2. The van der Waals surface area contributed by atoms with E-state index in [0.717, 1.165) is 24.9 Å². The third kappa shape index (κ3) is 7.14. The highest BCUT2D eigenvalue weighted by atomic mass is 19.1. The molecule has 2 heterocycles. The number of phenolic OH excluding ortho intramolecular Hbond substituents is 1. The van der Waals surface area contributed by atoms with Gasteiger partial charge in [-0.15, -0.1) is 0 Å². The predicted octanol–water partition coefficient (Wildman–Crippen LogP) is 3.34. The van der Waals surface area contributed by atoms with Crippen molar-refractivity contribution in [2.45, 2.75) is 32.4 Å². The maximum absolute atomic E-state index is 13.9. The number of hydrogen-bond donors (Lipinski definition) is 4. The van der Waals surface area contributed by atoms with Crippen LogP contribution in [0.3, 0.4) is 0 Å². The number of anilines is 1. The van der Waals surface area contributed by atoms with Crippen LogP contribution in [0.15, 0.2) is 30.3 Å². The van der Waals surface area contributed by atoms with Crippen LogP contribution >= 0.6 is 0 Å². The minimum Gasteiger partial charge on any atom is -0.507 e. The number of ether oxygens (including phenoxy) is 3. The number of nitrogens with zero attached hydrogens (tertiary/aromatic N) is 2. The van der Waals surface area contributed by atoms with Crippen LogP contribution in [0.2, 0.25) is 0 Å². The van der Waals surface area contributed by atoms with Crippen LogP contribution in [-0.4, -0.2) is 72.8 Å². The molecule has 1 aliphatic heterocycles. The predicted molar refractivity (Wildman–Crippen MR) is 133 cm³/mol. The number of methoxy groups -OCH3 is 2. The number of aromatic nitrogens is 2. The lowest BCUT2D eigenvalue weighted by Gasteiger charge is -2.17. The summed E-state index contributed by atoms with van der Waals surface area (Å²) in [5.41, 5.74) is 0.794. The van der Waals surface area contributed by atoms with Gasteiger partial charge in [0.1, 0.15) is 24.0 Å². The molecule has 0 spiro atoms. The van der Waals surface area contributed by atoms with E-state index < -0.39 is 5.82 Å². The van der Waals surface area contributed by atoms with E-state index in [-0.39, 0.29) is 29.3 Å². The first kappa shape index (κ1) is 26.4. The molecule has 1 atom stereocenters. The van der Waals surface area contributed by atoms with Crippen molar-refractivity contribution in [2.75, 3.05) is 45.8 Å². The van der Waals surface area contributed by atoms with Crippen LogP contribution < -0.4 is 20.1 Å². The molecular formula is C25H33FN4O5. The van der Waals surface area contributed by atoms with Gasteiger partial charge in [0.2, 0.25) is 0 Å². The van der Waals surface area contributed by atoms with E-state index in [1.807, 2.05) is 6.07 Å². The molecule has 0 amide bonds. The van der Waals surface area contributed by atoms with Crippen molar-refractivity contribution in [3.05, 3.63) is 36.1 Å². The molecule has 4 N–H and O–H groups in total. The molecule has 3 aromatic rings. The highest BCUT2D eigenvalue weighted by Gasteiger charge is 2.20. The van der Waals surface area contributed by atoms with Gasteiger partial charge in [-0.3, -0.25) is 0 Å². The molecule has 2 aromatic carbocycles. The number of rotatable bonds is 8. The molecular weight excluding hydrogens is 455 g/mol. The summed E-state index contributed by atoms with van der Waals surface area (Å²) >= 11 is 0. The molecule has 1 fully saturated rings. The van der Waals surface area contributed by atoms with Crippen molar-refractivity contribution in [3.63, 3.8) is 0 Å². The fraction of sp³-hybridized carbons (Fsp3) is 0.440. The number of aliphatic hydroxyl groups is 1. The van der Waals surface area contributed by atoms with Crippen LogP contribution in [0, 0.1) is 5.82 Å². The number of aromatic hydroxyl groups is 1. The van der Waals surface area contributed by atoms with Gasteiger partial charge in [0.05, 0.1) is 24.8 Å². The standard InChI is InChI=1S/C22H25FN4O4.C3H8O/c1-29-7-8-31-20-11-17-15(10-19(20)30-2)21(25-14-5-6-24-12-14)27-22(26-17)16-9-13(23)3-4-18(16)28;1-3(2)4/h3-4,9-11,14,24,28H,5-8,12H2,1-2H3,(H,25,26,27);3-4H,1-2H3. The number of nitrogens with one attached hydrogen (secondary N) is 2. The molecule has 1 unspecified atom stereocenters. The lowest BCUT2D eigenvalue weighted by molar-refractivity contribution is 0.144. The molecule has 10 heteroatoms. The van der Waals surface area contributed by atoms with Crippen LogP contribution in [0.4, 0.5) is 10.2 Å². The van der Waals surface area contributed by atoms with E-state index in [1.165, 1.54) is 18.2 Å². The second-order valence-corrected chi connectivity index (χ2v) is 8.35. The van der Waals surface area contributed by atoms with Crippen LogP contribution in [0.25, 0.3) is 22.3 Å². The molecule has 0 radical (unpaired) electrons. The van der Waals surface area contributed by atoms with Crippen LogP contribution in [-0.2, 0) is 4.74 Å². The number of fused-ring (bicyclic) bond motifs is 1. The third-order valence-corrected chi connectivity index (χ3v) is 5.13. The summed E-state index contributed by atoms with van der Waals surface area (Å²) in [4.78, 5) is 9.21. The van der Waals surface area contributed by atoms with Crippen molar-refractivity contribution in [3.8, 4) is 28.6 Å². The van der Waals surface area contributed by atoms with Gasteiger partial charge in [-0.2, -0.15) is 0 Å². The monoisotopic (exact) mass is 488 g/mol. The average Bonchev–Trinajstić information content (AvgIpc) is 3.33. The molecule has 0 aliphatic carbocycles. The molecule has 0 bridgehead atoms. The fourth-order valence-electron chi connectivity index (χ4n) is 3.53. The average molecular weight is 489 g/mol. The number of hydrogen-bond acceptors (Lipinski definition) is 9. The maximum Gasteiger partial charge on any atom is 0.165 e. The fourth-order valence-corrected chi connectivity index (χ4v) is 3.53. The summed E-state index contributed by atoms with van der Waals surface area (Å²) in [6.07, 6.45) is 0.779. The van der Waals surface area contributed by atoms with Crippen molar-refractivity contribution >= 4 is 16.7 Å². The van der Waals surface area contributed by atoms with Crippen molar-refractivity contribution in [2.24, 2.45) is 0 Å². The summed E-state index contributed by atoms with van der Waals surface area (Å²) in [5.74, 6) is 1.27. The second-order valence-electron chi connectivity index (χ2n) is 8.35. The van der Waals surface area contributed by atoms with Gasteiger partial charge in [-0.1, -0.05) is 0 Å². The number of phenols is 1. The third-order valence-electron chi connectivity index (χ3n) is 5.13. The summed E-state index contributed by atoms with van der Waals surface area (Å²) in [6, 6.07) is 7.46. The highest BCUT2D eigenvalue weighted by Crippen LogP contribution is 2.37. The van der Waals surface area contributed by atoms with Crippen molar-refractivity contribution < 1.29 is 28.8 Å². The largest absolute Gasteiger partial charge is 0.507 e. The SMILES string of the molecule is CC(C)O.COCCOc1cc2nc(-c3cc(F)ccc3O)nc(NC3CCNC3)c2cc1OC. The minimum absolute atomic E-state index is 0.0979. The lowest BCUT2D eigenvalue weighted by Crippen LogP contribution is -2.23. The van der Waals surface area contributed by atoms with Gasteiger partial charge in [-0.05, 0) is 51.1 Å². The first-order valence-corrected chi connectivity index (χ1v) is 11.5. The quantitative estimate of drug-likeness (QED) is 0.354. The second kappa shape index (κ2) is 12.5. The van der Waals surface area contributed by atoms with Gasteiger partial charge < -0.3 is 35.1 Å². The Balaban J connectivity index is 0.000000795. The van der Waals surface area contributed by atoms with Gasteiger partial charge in [0.25, 0.3) is 0 Å². The summed E-state index contributed by atoms with van der Waals surface area (Å²) in [6.45, 7) is 5.94. The zero-order valence-electron chi connectivity index (χ0n) is 20.5. The van der Waals surface area contributed by atoms with Crippen LogP contribution in [0.5, 0.6) is 17.2 Å². The van der Waals surface area contributed by atoms with E-state index in [4.69, 9.17) is 19.3 Å². The molecule has 4 rings (SSSR count). The molecule has 1 saturated heterocycles. The summed E-state index contributed by atoms with van der Waals surface area (Å²) in [7, 11) is 3.17. The number of benzene rings is 2. The zero-order valence-corrected chi connectivity index (χ0v) is 20.5. The molecule has 35 heavy (non-hydrogen) atoms. The Morgan fingerprint density at radius 3 is 2.57 bits per heavy atom. The maximum atomic E-state index is 13.9.